The molecule has 1 saturated heterocycles. The zero-order chi connectivity index (χ0) is 17.3. The quantitative estimate of drug-likeness (QED) is 0.389. The van der Waals surface area contributed by atoms with Gasteiger partial charge in [0.1, 0.15) is 6.26 Å². The van der Waals surface area contributed by atoms with Crippen molar-refractivity contribution in [2.24, 2.45) is 10.9 Å². The van der Waals surface area contributed by atoms with Crippen molar-refractivity contribution in [1.82, 2.24) is 20.3 Å². The first-order valence-corrected chi connectivity index (χ1v) is 10.00. The maximum Gasteiger partial charge on any atom is 0.194 e. The Balaban J connectivity index is 0.00000243. The van der Waals surface area contributed by atoms with Gasteiger partial charge in [0.2, 0.25) is 0 Å². The highest BCUT2D eigenvalue weighted by Crippen LogP contribution is 2.26. The Labute approximate surface area is 174 Å². The van der Waals surface area contributed by atoms with Crippen LogP contribution < -0.4 is 5.32 Å². The highest BCUT2D eigenvalue weighted by atomic mass is 127. The number of nitrogens with one attached hydrogen (secondary N) is 1. The molecule has 2 aliphatic rings. The van der Waals surface area contributed by atoms with E-state index in [1.807, 2.05) is 6.07 Å². The largest absolute Gasteiger partial charge is 0.364 e. The Morgan fingerprint density at radius 1 is 1.23 bits per heavy atom. The number of guanidine groups is 1. The fraction of sp³-hybridized carbons (Fsp3) is 0.789. The van der Waals surface area contributed by atoms with Crippen LogP contribution >= 0.6 is 24.0 Å². The van der Waals surface area contributed by atoms with Crippen LogP contribution in [0, 0.1) is 5.92 Å². The van der Waals surface area contributed by atoms with E-state index in [9.17, 15) is 0 Å². The summed E-state index contributed by atoms with van der Waals surface area (Å²) in [7, 11) is 0. The molecule has 1 aliphatic carbocycles. The molecule has 0 aromatic carbocycles. The second-order valence-electron chi connectivity index (χ2n) is 7.28. The van der Waals surface area contributed by atoms with Crippen LogP contribution in [0.2, 0.25) is 0 Å². The average Bonchev–Trinajstić information content (AvgIpc) is 3.16. The molecule has 0 spiro atoms. The molecule has 2 fully saturated rings. The minimum Gasteiger partial charge on any atom is -0.364 e. The summed E-state index contributed by atoms with van der Waals surface area (Å²) >= 11 is 0. The van der Waals surface area contributed by atoms with E-state index >= 15 is 0 Å². The van der Waals surface area contributed by atoms with Gasteiger partial charge in [-0.25, -0.2) is 0 Å². The van der Waals surface area contributed by atoms with E-state index < -0.39 is 0 Å². The molecule has 1 aliphatic heterocycles. The lowest BCUT2D eigenvalue weighted by Gasteiger charge is -2.36. The van der Waals surface area contributed by atoms with Gasteiger partial charge < -0.3 is 14.7 Å². The Bertz CT molecular complexity index is 508. The lowest BCUT2D eigenvalue weighted by molar-refractivity contribution is 0.169. The van der Waals surface area contributed by atoms with E-state index in [4.69, 9.17) is 9.52 Å². The molecule has 2 heterocycles. The Kier molecular flexibility index (Phi) is 9.74. The minimum absolute atomic E-state index is 0. The van der Waals surface area contributed by atoms with Crippen molar-refractivity contribution in [2.75, 3.05) is 39.3 Å². The maximum atomic E-state index is 4.93. The van der Waals surface area contributed by atoms with Gasteiger partial charge in [-0.15, -0.1) is 24.0 Å². The van der Waals surface area contributed by atoms with E-state index in [1.54, 1.807) is 6.26 Å². The number of nitrogens with zero attached hydrogens (tertiary/aromatic N) is 4. The lowest BCUT2D eigenvalue weighted by atomic mass is 9.87. The van der Waals surface area contributed by atoms with Gasteiger partial charge in [-0.05, 0) is 19.3 Å². The van der Waals surface area contributed by atoms with Gasteiger partial charge in [0.25, 0.3) is 0 Å². The predicted molar refractivity (Wildman–Crippen MR) is 116 cm³/mol. The van der Waals surface area contributed by atoms with Gasteiger partial charge in [0.05, 0.1) is 5.69 Å². The van der Waals surface area contributed by atoms with Gasteiger partial charge in [-0.3, -0.25) is 9.89 Å². The first kappa shape index (κ1) is 21.5. The first-order chi connectivity index (χ1) is 12.3. The number of rotatable bonds is 6. The Morgan fingerprint density at radius 2 is 2.00 bits per heavy atom. The number of halogens is 1. The molecule has 3 rings (SSSR count). The summed E-state index contributed by atoms with van der Waals surface area (Å²) < 4.78 is 4.93. The third-order valence-corrected chi connectivity index (χ3v) is 5.41. The third-order valence-electron chi connectivity index (χ3n) is 5.41. The van der Waals surface area contributed by atoms with Crippen molar-refractivity contribution in [3.05, 3.63) is 18.0 Å². The molecule has 1 aromatic heterocycles. The van der Waals surface area contributed by atoms with Crippen molar-refractivity contribution in [1.29, 1.82) is 0 Å². The summed E-state index contributed by atoms with van der Waals surface area (Å²) in [6.07, 6.45) is 9.99. The standard InChI is InChI=1S/C19H33N5O.HI/c1-2-20-19(21-10-8-17-6-4-3-5-7-17)24-13-11-23(12-14-24)16-18-9-15-25-22-18;/h9,15,17H,2-8,10-14,16H2,1H3,(H,20,21);1H. The second-order valence-corrected chi connectivity index (χ2v) is 7.28. The molecule has 0 radical (unpaired) electrons. The molecule has 26 heavy (non-hydrogen) atoms. The monoisotopic (exact) mass is 475 g/mol. The molecule has 7 heteroatoms. The highest BCUT2D eigenvalue weighted by molar-refractivity contribution is 14.0. The number of hydrogen-bond donors (Lipinski definition) is 1. The van der Waals surface area contributed by atoms with E-state index in [0.29, 0.717) is 0 Å². The van der Waals surface area contributed by atoms with E-state index in [0.717, 1.165) is 63.4 Å². The van der Waals surface area contributed by atoms with Crippen LogP contribution in [0.15, 0.2) is 21.8 Å². The molecule has 0 atom stereocenters. The lowest BCUT2D eigenvalue weighted by Crippen LogP contribution is -2.52. The van der Waals surface area contributed by atoms with Crippen LogP contribution in [0.25, 0.3) is 0 Å². The van der Waals surface area contributed by atoms with Gasteiger partial charge in [0.15, 0.2) is 5.96 Å². The van der Waals surface area contributed by atoms with Crippen molar-refractivity contribution in [2.45, 2.75) is 52.0 Å². The summed E-state index contributed by atoms with van der Waals surface area (Å²) in [5.74, 6) is 2.00. The molecule has 1 saturated carbocycles. The maximum absolute atomic E-state index is 4.93. The zero-order valence-corrected chi connectivity index (χ0v) is 18.4. The molecule has 0 unspecified atom stereocenters. The molecule has 1 aromatic rings. The number of aromatic nitrogens is 1. The fourth-order valence-electron chi connectivity index (χ4n) is 3.92. The van der Waals surface area contributed by atoms with Crippen molar-refractivity contribution >= 4 is 29.9 Å². The van der Waals surface area contributed by atoms with Gasteiger partial charge in [-0.1, -0.05) is 37.3 Å². The Hall–Kier alpha value is -0.830. The summed E-state index contributed by atoms with van der Waals surface area (Å²) in [5, 5.41) is 7.49. The van der Waals surface area contributed by atoms with Crippen LogP contribution in [0.5, 0.6) is 0 Å². The topological polar surface area (TPSA) is 56.9 Å². The van der Waals surface area contributed by atoms with E-state index in [1.165, 1.54) is 38.5 Å². The average molecular weight is 475 g/mol. The van der Waals surface area contributed by atoms with Crippen molar-refractivity contribution < 1.29 is 4.52 Å². The summed E-state index contributed by atoms with van der Waals surface area (Å²) in [4.78, 5) is 9.75. The number of hydrogen-bond acceptors (Lipinski definition) is 4. The van der Waals surface area contributed by atoms with E-state index in [-0.39, 0.29) is 24.0 Å². The first-order valence-electron chi connectivity index (χ1n) is 10.00. The molecule has 0 bridgehead atoms. The minimum atomic E-state index is 0. The number of aliphatic imine (C=N–C) groups is 1. The van der Waals surface area contributed by atoms with E-state index in [2.05, 4.69) is 27.2 Å². The van der Waals surface area contributed by atoms with Crippen LogP contribution in [0.3, 0.4) is 0 Å². The summed E-state index contributed by atoms with van der Waals surface area (Å²) in [6, 6.07) is 1.95. The van der Waals surface area contributed by atoms with Gasteiger partial charge >= 0.3 is 0 Å². The van der Waals surface area contributed by atoms with Gasteiger partial charge in [-0.2, -0.15) is 0 Å². The normalized spacial score (nSPS) is 20.0. The molecular formula is C19H34IN5O. The molecular weight excluding hydrogens is 441 g/mol. The smallest absolute Gasteiger partial charge is 0.194 e. The fourth-order valence-corrected chi connectivity index (χ4v) is 3.92. The van der Waals surface area contributed by atoms with Crippen LogP contribution in [-0.4, -0.2) is 60.2 Å². The molecule has 0 amide bonds. The molecule has 6 nitrogen and oxygen atoms in total. The number of piperazine rings is 1. The van der Waals surface area contributed by atoms with Crippen LogP contribution in [0.1, 0.15) is 51.1 Å². The summed E-state index contributed by atoms with van der Waals surface area (Å²) in [5.41, 5.74) is 1.02. The zero-order valence-electron chi connectivity index (χ0n) is 16.0. The van der Waals surface area contributed by atoms with Gasteiger partial charge in [0, 0.05) is 51.9 Å². The second kappa shape index (κ2) is 11.8. The van der Waals surface area contributed by atoms with Crippen molar-refractivity contribution in [3.8, 4) is 0 Å². The summed E-state index contributed by atoms with van der Waals surface area (Å²) in [6.45, 7) is 9.05. The van der Waals surface area contributed by atoms with Crippen LogP contribution in [0.4, 0.5) is 0 Å². The predicted octanol–water partition coefficient (Wildman–Crippen LogP) is 3.35. The molecule has 1 N–H and O–H groups in total. The third kappa shape index (κ3) is 6.72. The SMILES string of the molecule is CCNC(=NCCC1CCCCC1)N1CCN(Cc2ccon2)CC1.I. The molecule has 148 valence electrons. The highest BCUT2D eigenvalue weighted by Gasteiger charge is 2.20. The Morgan fingerprint density at radius 3 is 2.65 bits per heavy atom. The van der Waals surface area contributed by atoms with Crippen LogP contribution in [-0.2, 0) is 6.54 Å². The van der Waals surface area contributed by atoms with Crippen molar-refractivity contribution in [3.63, 3.8) is 0 Å².